The molecule has 2 rings (SSSR count). The minimum Gasteiger partial charge on any atom is -0.381 e. The van der Waals surface area contributed by atoms with Gasteiger partial charge in [-0.1, -0.05) is 44.9 Å². The maximum absolute atomic E-state index is 5.65. The molecular weight excluding hydrogens is 184 g/mol. The van der Waals surface area contributed by atoms with Gasteiger partial charge in [0.2, 0.25) is 0 Å². The van der Waals surface area contributed by atoms with Crippen LogP contribution in [0.3, 0.4) is 0 Å². The van der Waals surface area contributed by atoms with Crippen LogP contribution in [0.4, 0.5) is 0 Å². The van der Waals surface area contributed by atoms with Crippen molar-refractivity contribution in [3.8, 4) is 0 Å². The van der Waals surface area contributed by atoms with Crippen molar-refractivity contribution in [1.29, 1.82) is 0 Å². The average molecular weight is 210 g/mol. The van der Waals surface area contributed by atoms with Crippen molar-refractivity contribution in [3.05, 3.63) is 0 Å². The minimum atomic E-state index is 0.584. The summed E-state index contributed by atoms with van der Waals surface area (Å²) in [7, 11) is 1.91. The maximum atomic E-state index is 5.65. The highest BCUT2D eigenvalue weighted by atomic mass is 16.5. The second kappa shape index (κ2) is 5.89. The number of ether oxygens (including phenoxy) is 1. The molecule has 0 saturated heterocycles. The Morgan fingerprint density at radius 2 is 1.53 bits per heavy atom. The van der Waals surface area contributed by atoms with Crippen molar-refractivity contribution in [1.82, 2.24) is 0 Å². The molecule has 15 heavy (non-hydrogen) atoms. The first-order valence-electron chi connectivity index (χ1n) is 6.93. The Hall–Kier alpha value is -0.0400. The van der Waals surface area contributed by atoms with Gasteiger partial charge in [-0.2, -0.15) is 0 Å². The van der Waals surface area contributed by atoms with Crippen LogP contribution in [0.25, 0.3) is 0 Å². The Labute approximate surface area is 94.6 Å². The summed E-state index contributed by atoms with van der Waals surface area (Å²) >= 11 is 0. The van der Waals surface area contributed by atoms with E-state index < -0.39 is 0 Å². The van der Waals surface area contributed by atoms with Crippen LogP contribution < -0.4 is 0 Å². The van der Waals surface area contributed by atoms with E-state index in [0.29, 0.717) is 6.10 Å². The first kappa shape index (κ1) is 11.4. The van der Waals surface area contributed by atoms with Crippen LogP contribution in [0, 0.1) is 11.8 Å². The van der Waals surface area contributed by atoms with Crippen LogP contribution in [-0.4, -0.2) is 13.2 Å². The molecule has 0 amide bonds. The summed E-state index contributed by atoms with van der Waals surface area (Å²) in [5, 5.41) is 0. The third-order valence-electron chi connectivity index (χ3n) is 4.50. The maximum Gasteiger partial charge on any atom is 0.0599 e. The van der Waals surface area contributed by atoms with E-state index in [2.05, 4.69) is 0 Å². The minimum absolute atomic E-state index is 0.584. The van der Waals surface area contributed by atoms with Gasteiger partial charge in [0.25, 0.3) is 0 Å². The molecule has 0 aromatic rings. The number of hydrogen-bond acceptors (Lipinski definition) is 1. The lowest BCUT2D eigenvalue weighted by Gasteiger charge is -2.34. The molecule has 0 N–H and O–H groups in total. The molecule has 2 aliphatic carbocycles. The lowest BCUT2D eigenvalue weighted by atomic mass is 9.76. The predicted molar refractivity (Wildman–Crippen MR) is 63.9 cm³/mol. The molecule has 0 aromatic heterocycles. The van der Waals surface area contributed by atoms with E-state index in [0.717, 1.165) is 11.8 Å². The van der Waals surface area contributed by atoms with E-state index >= 15 is 0 Å². The standard InChI is InChI=1S/C14H26O/c1-15-14-10-6-5-9-13(14)11-12-7-3-2-4-8-12/h12-14H,2-11H2,1H3. The Morgan fingerprint density at radius 3 is 2.27 bits per heavy atom. The Bertz CT molecular complexity index is 172. The molecule has 0 aliphatic heterocycles. The van der Waals surface area contributed by atoms with Gasteiger partial charge < -0.3 is 4.74 Å². The molecular formula is C14H26O. The SMILES string of the molecule is COC1CCCCC1CC1CCCCC1. The van der Waals surface area contributed by atoms with Crippen LogP contribution in [0.1, 0.15) is 64.2 Å². The topological polar surface area (TPSA) is 9.23 Å². The Balaban J connectivity index is 1.79. The van der Waals surface area contributed by atoms with Gasteiger partial charge >= 0.3 is 0 Å². The predicted octanol–water partition coefficient (Wildman–Crippen LogP) is 4.16. The summed E-state index contributed by atoms with van der Waals surface area (Å²) < 4.78 is 5.65. The van der Waals surface area contributed by atoms with Crippen molar-refractivity contribution in [3.63, 3.8) is 0 Å². The highest BCUT2D eigenvalue weighted by molar-refractivity contribution is 4.79. The van der Waals surface area contributed by atoms with E-state index in [1.807, 2.05) is 7.11 Å². The fraction of sp³-hybridized carbons (Fsp3) is 1.00. The van der Waals surface area contributed by atoms with Crippen molar-refractivity contribution in [2.45, 2.75) is 70.3 Å². The summed E-state index contributed by atoms with van der Waals surface area (Å²) in [5.41, 5.74) is 0. The molecule has 0 bridgehead atoms. The van der Waals surface area contributed by atoms with Gasteiger partial charge in [0.05, 0.1) is 6.10 Å². The number of methoxy groups -OCH3 is 1. The average Bonchev–Trinajstić information content (AvgIpc) is 2.31. The fourth-order valence-corrected chi connectivity index (χ4v) is 3.60. The molecule has 88 valence electrons. The van der Waals surface area contributed by atoms with Crippen LogP contribution in [0.15, 0.2) is 0 Å². The second-order valence-electron chi connectivity index (χ2n) is 5.56. The summed E-state index contributed by atoms with van der Waals surface area (Å²) in [5.74, 6) is 1.91. The van der Waals surface area contributed by atoms with Crippen molar-refractivity contribution in [2.24, 2.45) is 11.8 Å². The lowest BCUT2D eigenvalue weighted by molar-refractivity contribution is 0.0115. The molecule has 1 heteroatoms. The highest BCUT2D eigenvalue weighted by Crippen LogP contribution is 2.36. The quantitative estimate of drug-likeness (QED) is 0.679. The van der Waals surface area contributed by atoms with E-state index in [1.165, 1.54) is 64.2 Å². The normalized spacial score (nSPS) is 34.2. The molecule has 2 fully saturated rings. The van der Waals surface area contributed by atoms with Gasteiger partial charge in [-0.25, -0.2) is 0 Å². The molecule has 0 heterocycles. The molecule has 0 radical (unpaired) electrons. The molecule has 0 aromatic carbocycles. The number of rotatable bonds is 3. The lowest BCUT2D eigenvalue weighted by Crippen LogP contribution is -2.29. The first-order chi connectivity index (χ1) is 7.40. The Morgan fingerprint density at radius 1 is 0.867 bits per heavy atom. The van der Waals surface area contributed by atoms with Gasteiger partial charge in [-0.3, -0.25) is 0 Å². The Kier molecular flexibility index (Phi) is 4.49. The van der Waals surface area contributed by atoms with Gasteiger partial charge in [-0.15, -0.1) is 0 Å². The van der Waals surface area contributed by atoms with Crippen molar-refractivity contribution >= 4 is 0 Å². The second-order valence-corrected chi connectivity index (χ2v) is 5.56. The summed E-state index contributed by atoms with van der Waals surface area (Å²) in [6, 6.07) is 0. The van der Waals surface area contributed by atoms with E-state index in [9.17, 15) is 0 Å². The van der Waals surface area contributed by atoms with E-state index in [-0.39, 0.29) is 0 Å². The van der Waals surface area contributed by atoms with Crippen LogP contribution in [0.5, 0.6) is 0 Å². The molecule has 1 nitrogen and oxygen atoms in total. The zero-order valence-electron chi connectivity index (χ0n) is 10.2. The zero-order chi connectivity index (χ0) is 10.5. The van der Waals surface area contributed by atoms with Crippen molar-refractivity contribution < 1.29 is 4.74 Å². The van der Waals surface area contributed by atoms with E-state index in [4.69, 9.17) is 4.74 Å². The third kappa shape index (κ3) is 3.21. The smallest absolute Gasteiger partial charge is 0.0599 e. The zero-order valence-corrected chi connectivity index (χ0v) is 10.2. The van der Waals surface area contributed by atoms with Gasteiger partial charge in [0.15, 0.2) is 0 Å². The van der Waals surface area contributed by atoms with Gasteiger partial charge in [0.1, 0.15) is 0 Å². The summed E-state index contributed by atoms with van der Waals surface area (Å²) in [6.07, 6.45) is 15.0. The summed E-state index contributed by atoms with van der Waals surface area (Å²) in [6.45, 7) is 0. The molecule has 2 aliphatic rings. The van der Waals surface area contributed by atoms with Crippen molar-refractivity contribution in [2.75, 3.05) is 7.11 Å². The largest absolute Gasteiger partial charge is 0.381 e. The fourth-order valence-electron chi connectivity index (χ4n) is 3.60. The van der Waals surface area contributed by atoms with Gasteiger partial charge in [0, 0.05) is 7.11 Å². The van der Waals surface area contributed by atoms with Crippen LogP contribution in [0.2, 0.25) is 0 Å². The molecule has 2 unspecified atom stereocenters. The van der Waals surface area contributed by atoms with Crippen LogP contribution in [-0.2, 0) is 4.74 Å². The third-order valence-corrected chi connectivity index (χ3v) is 4.50. The van der Waals surface area contributed by atoms with Crippen LogP contribution >= 0.6 is 0 Å². The molecule has 2 atom stereocenters. The first-order valence-corrected chi connectivity index (χ1v) is 6.93. The monoisotopic (exact) mass is 210 g/mol. The van der Waals surface area contributed by atoms with E-state index in [1.54, 1.807) is 0 Å². The van der Waals surface area contributed by atoms with Gasteiger partial charge in [-0.05, 0) is 31.1 Å². The number of hydrogen-bond donors (Lipinski definition) is 0. The highest BCUT2D eigenvalue weighted by Gasteiger charge is 2.27. The molecule has 2 saturated carbocycles. The molecule has 0 spiro atoms. The summed E-state index contributed by atoms with van der Waals surface area (Å²) in [4.78, 5) is 0.